The van der Waals surface area contributed by atoms with Crippen molar-refractivity contribution in [2.45, 2.75) is 45.2 Å². The first-order chi connectivity index (χ1) is 10.5. The monoisotopic (exact) mass is 366 g/mol. The molecule has 5 heteroatoms. The van der Waals surface area contributed by atoms with Crippen molar-refractivity contribution in [3.8, 4) is 0 Å². The van der Waals surface area contributed by atoms with E-state index in [2.05, 4.69) is 21.2 Å². The van der Waals surface area contributed by atoms with Crippen LogP contribution in [0.15, 0.2) is 28.7 Å². The summed E-state index contributed by atoms with van der Waals surface area (Å²) in [5.41, 5.74) is 1.06. The summed E-state index contributed by atoms with van der Waals surface area (Å²) in [5, 5.41) is 2.86. The van der Waals surface area contributed by atoms with Gasteiger partial charge in [0.05, 0.1) is 0 Å². The van der Waals surface area contributed by atoms with Crippen LogP contribution < -0.4 is 5.32 Å². The van der Waals surface area contributed by atoms with Crippen LogP contribution in [0.4, 0.5) is 0 Å². The number of carbonyl (C=O) groups is 2. The summed E-state index contributed by atoms with van der Waals surface area (Å²) in [6.07, 6.45) is 4.31. The Morgan fingerprint density at radius 2 is 1.95 bits per heavy atom. The number of benzene rings is 1. The first kappa shape index (κ1) is 17.0. The maximum Gasteiger partial charge on any atom is 0.245 e. The highest BCUT2D eigenvalue weighted by Gasteiger charge is 2.33. The number of nitrogens with zero attached hydrogens (tertiary/aromatic N) is 1. The Morgan fingerprint density at radius 3 is 2.55 bits per heavy atom. The van der Waals surface area contributed by atoms with Crippen LogP contribution in [0, 0.1) is 5.92 Å². The van der Waals surface area contributed by atoms with Gasteiger partial charge in [0, 0.05) is 25.0 Å². The van der Waals surface area contributed by atoms with Crippen LogP contribution in [0.2, 0.25) is 0 Å². The van der Waals surface area contributed by atoms with Crippen molar-refractivity contribution in [2.75, 3.05) is 7.05 Å². The van der Waals surface area contributed by atoms with Crippen LogP contribution in [0.3, 0.4) is 0 Å². The fourth-order valence-electron chi connectivity index (χ4n) is 3.09. The topological polar surface area (TPSA) is 49.4 Å². The van der Waals surface area contributed by atoms with Crippen molar-refractivity contribution >= 4 is 27.7 Å². The number of carbonyl (C=O) groups excluding carboxylic acids is 2. The van der Waals surface area contributed by atoms with Crippen LogP contribution >= 0.6 is 15.9 Å². The SMILES string of the molecule is CC(=O)NC(C(=O)N(C)Cc1ccccc1Br)C1CCCC1. The number of rotatable bonds is 5. The largest absolute Gasteiger partial charge is 0.344 e. The van der Waals surface area contributed by atoms with Gasteiger partial charge >= 0.3 is 0 Å². The molecule has 2 amide bonds. The normalized spacial score (nSPS) is 16.3. The van der Waals surface area contributed by atoms with Gasteiger partial charge < -0.3 is 10.2 Å². The number of nitrogens with one attached hydrogen (secondary N) is 1. The molecule has 120 valence electrons. The third kappa shape index (κ3) is 4.32. The molecule has 2 rings (SSSR count). The molecule has 1 saturated carbocycles. The fraction of sp³-hybridized carbons (Fsp3) is 0.529. The first-order valence-electron chi connectivity index (χ1n) is 7.74. The molecule has 1 fully saturated rings. The summed E-state index contributed by atoms with van der Waals surface area (Å²) in [6.45, 7) is 2.01. The third-order valence-electron chi connectivity index (χ3n) is 4.24. The minimum absolute atomic E-state index is 0.00199. The van der Waals surface area contributed by atoms with Gasteiger partial charge in [-0.1, -0.05) is 47.0 Å². The van der Waals surface area contributed by atoms with Gasteiger partial charge in [0.15, 0.2) is 0 Å². The van der Waals surface area contributed by atoms with E-state index in [0.717, 1.165) is 35.7 Å². The van der Waals surface area contributed by atoms with Crippen LogP contribution in [-0.2, 0) is 16.1 Å². The van der Waals surface area contributed by atoms with E-state index in [9.17, 15) is 9.59 Å². The minimum Gasteiger partial charge on any atom is -0.344 e. The lowest BCUT2D eigenvalue weighted by molar-refractivity contribution is -0.137. The lowest BCUT2D eigenvalue weighted by atomic mass is 9.96. The number of amides is 2. The Hall–Kier alpha value is -1.36. The Kier molecular flexibility index (Phi) is 6.00. The van der Waals surface area contributed by atoms with E-state index in [4.69, 9.17) is 0 Å². The number of likely N-dealkylation sites (N-methyl/N-ethyl adjacent to an activating group) is 1. The molecule has 1 aliphatic carbocycles. The predicted molar refractivity (Wildman–Crippen MR) is 90.2 cm³/mol. The quantitative estimate of drug-likeness (QED) is 0.870. The van der Waals surface area contributed by atoms with Gasteiger partial charge in [-0.2, -0.15) is 0 Å². The van der Waals surface area contributed by atoms with Gasteiger partial charge in [0.2, 0.25) is 11.8 Å². The van der Waals surface area contributed by atoms with Crippen molar-refractivity contribution < 1.29 is 9.59 Å². The number of hydrogen-bond donors (Lipinski definition) is 1. The summed E-state index contributed by atoms with van der Waals surface area (Å²) >= 11 is 3.51. The smallest absolute Gasteiger partial charge is 0.245 e. The number of hydrogen-bond acceptors (Lipinski definition) is 2. The Balaban J connectivity index is 2.08. The van der Waals surface area contributed by atoms with E-state index < -0.39 is 6.04 Å². The second-order valence-electron chi connectivity index (χ2n) is 6.01. The molecule has 0 radical (unpaired) electrons. The van der Waals surface area contributed by atoms with Gasteiger partial charge in [-0.25, -0.2) is 0 Å². The van der Waals surface area contributed by atoms with Crippen LogP contribution in [0.25, 0.3) is 0 Å². The highest BCUT2D eigenvalue weighted by Crippen LogP contribution is 2.29. The summed E-state index contributed by atoms with van der Waals surface area (Å²) in [6, 6.07) is 7.48. The molecule has 0 aromatic heterocycles. The lowest BCUT2D eigenvalue weighted by Gasteiger charge is -2.28. The second kappa shape index (κ2) is 7.77. The molecule has 1 unspecified atom stereocenters. The van der Waals surface area contributed by atoms with Crippen molar-refractivity contribution in [1.82, 2.24) is 10.2 Å². The molecule has 0 saturated heterocycles. The molecule has 1 aromatic carbocycles. The van der Waals surface area contributed by atoms with Gasteiger partial charge in [0.1, 0.15) is 6.04 Å². The molecular weight excluding hydrogens is 344 g/mol. The van der Waals surface area contributed by atoms with Crippen molar-refractivity contribution in [3.05, 3.63) is 34.3 Å². The third-order valence-corrected chi connectivity index (χ3v) is 5.01. The molecule has 0 heterocycles. The lowest BCUT2D eigenvalue weighted by Crippen LogP contribution is -2.50. The molecule has 4 nitrogen and oxygen atoms in total. The molecule has 1 aromatic rings. The molecule has 22 heavy (non-hydrogen) atoms. The zero-order chi connectivity index (χ0) is 16.1. The fourth-order valence-corrected chi connectivity index (χ4v) is 3.50. The average molecular weight is 367 g/mol. The second-order valence-corrected chi connectivity index (χ2v) is 6.86. The van der Waals surface area contributed by atoms with E-state index in [1.807, 2.05) is 24.3 Å². The molecule has 1 atom stereocenters. The highest BCUT2D eigenvalue weighted by molar-refractivity contribution is 9.10. The van der Waals surface area contributed by atoms with E-state index in [1.165, 1.54) is 6.92 Å². The zero-order valence-electron chi connectivity index (χ0n) is 13.1. The van der Waals surface area contributed by atoms with Crippen LogP contribution in [-0.4, -0.2) is 29.8 Å². The van der Waals surface area contributed by atoms with Gasteiger partial charge in [-0.3, -0.25) is 9.59 Å². The molecule has 0 spiro atoms. The highest BCUT2D eigenvalue weighted by atomic mass is 79.9. The van der Waals surface area contributed by atoms with E-state index in [0.29, 0.717) is 6.54 Å². The molecular formula is C17H23BrN2O2. The van der Waals surface area contributed by atoms with Crippen LogP contribution in [0.1, 0.15) is 38.2 Å². The number of halogens is 1. The maximum atomic E-state index is 12.8. The van der Waals surface area contributed by atoms with Gasteiger partial charge in [-0.05, 0) is 30.4 Å². The molecule has 0 aliphatic heterocycles. The Morgan fingerprint density at radius 1 is 1.32 bits per heavy atom. The van der Waals surface area contributed by atoms with Gasteiger partial charge in [-0.15, -0.1) is 0 Å². The minimum atomic E-state index is -0.396. The Labute approximate surface area is 140 Å². The average Bonchev–Trinajstić information content (AvgIpc) is 3.00. The summed E-state index contributed by atoms with van der Waals surface area (Å²) in [7, 11) is 1.80. The van der Waals surface area contributed by atoms with E-state index >= 15 is 0 Å². The molecule has 0 bridgehead atoms. The standard InChI is InChI=1S/C17H23BrN2O2/c1-12(21)19-16(13-7-3-4-8-13)17(22)20(2)11-14-9-5-6-10-15(14)18/h5-6,9-10,13,16H,3-4,7-8,11H2,1-2H3,(H,19,21). The van der Waals surface area contributed by atoms with Crippen molar-refractivity contribution in [2.24, 2.45) is 5.92 Å². The van der Waals surface area contributed by atoms with Crippen LogP contribution in [0.5, 0.6) is 0 Å². The Bertz CT molecular complexity index is 541. The molecule has 1 aliphatic rings. The summed E-state index contributed by atoms with van der Waals surface area (Å²) < 4.78 is 0.992. The first-order valence-corrected chi connectivity index (χ1v) is 8.54. The summed E-state index contributed by atoms with van der Waals surface area (Å²) in [4.78, 5) is 25.9. The molecule has 1 N–H and O–H groups in total. The van der Waals surface area contributed by atoms with E-state index in [1.54, 1.807) is 11.9 Å². The van der Waals surface area contributed by atoms with Crippen molar-refractivity contribution in [3.63, 3.8) is 0 Å². The maximum absolute atomic E-state index is 12.8. The van der Waals surface area contributed by atoms with Gasteiger partial charge in [0.25, 0.3) is 0 Å². The predicted octanol–water partition coefficient (Wildman–Crippen LogP) is 3.10. The van der Waals surface area contributed by atoms with E-state index in [-0.39, 0.29) is 17.7 Å². The zero-order valence-corrected chi connectivity index (χ0v) is 14.7. The van der Waals surface area contributed by atoms with Crippen molar-refractivity contribution in [1.29, 1.82) is 0 Å². The summed E-state index contributed by atoms with van der Waals surface area (Å²) in [5.74, 6) is 0.121.